The van der Waals surface area contributed by atoms with Gasteiger partial charge >= 0.3 is 0 Å². The number of aromatic hydroxyl groups is 1. The molecule has 1 aromatic rings. The Labute approximate surface area is 92.5 Å². The van der Waals surface area contributed by atoms with Crippen LogP contribution >= 0.6 is 0 Å². The number of rotatable bonds is 3. The summed E-state index contributed by atoms with van der Waals surface area (Å²) in [5.41, 5.74) is -0.0627. The molecule has 0 aliphatic heterocycles. The van der Waals surface area contributed by atoms with E-state index in [2.05, 4.69) is 0 Å². The monoisotopic (exact) mass is 223 g/mol. The zero-order valence-corrected chi connectivity index (χ0v) is 8.88. The van der Waals surface area contributed by atoms with Crippen LogP contribution in [0, 0.1) is 10.1 Å². The number of aliphatic hydroxyl groups is 1. The normalized spacial score (nSPS) is 19.1. The van der Waals surface area contributed by atoms with Crippen LogP contribution in [0.1, 0.15) is 25.3 Å². The summed E-state index contributed by atoms with van der Waals surface area (Å²) in [5.74, 6) is 0.0176. The first-order valence-corrected chi connectivity index (χ1v) is 5.13. The molecule has 1 atom stereocenters. The third-order valence-corrected chi connectivity index (χ3v) is 3.32. The van der Waals surface area contributed by atoms with Gasteiger partial charge in [-0.1, -0.05) is 0 Å². The summed E-state index contributed by atoms with van der Waals surface area (Å²) in [7, 11) is 0. The summed E-state index contributed by atoms with van der Waals surface area (Å²) in [5, 5.41) is 30.0. The van der Waals surface area contributed by atoms with Gasteiger partial charge in [-0.2, -0.15) is 0 Å². The van der Waals surface area contributed by atoms with Crippen LogP contribution in [-0.4, -0.2) is 21.2 Å². The maximum atomic E-state index is 10.6. The van der Waals surface area contributed by atoms with Crippen molar-refractivity contribution in [1.82, 2.24) is 0 Å². The van der Waals surface area contributed by atoms with Crippen molar-refractivity contribution in [3.63, 3.8) is 0 Å². The fourth-order valence-corrected chi connectivity index (χ4v) is 2.08. The fraction of sp³-hybridized carbons (Fsp3) is 0.455. The van der Waals surface area contributed by atoms with Gasteiger partial charge in [0.2, 0.25) is 0 Å². The van der Waals surface area contributed by atoms with Crippen LogP contribution in [0.3, 0.4) is 0 Å². The number of aliphatic hydroxyl groups excluding tert-OH is 1. The number of benzene rings is 1. The molecule has 5 heteroatoms. The number of nitro benzene ring substituents is 1. The zero-order valence-electron chi connectivity index (χ0n) is 8.88. The highest BCUT2D eigenvalue weighted by Crippen LogP contribution is 2.54. The van der Waals surface area contributed by atoms with E-state index in [4.69, 9.17) is 0 Å². The van der Waals surface area contributed by atoms with Crippen LogP contribution in [0.4, 0.5) is 5.69 Å². The molecule has 16 heavy (non-hydrogen) atoms. The molecule has 2 N–H and O–H groups in total. The SMILES string of the molecule is CC(O)C1(c2cc([N+](=O)[O-])ccc2O)CC1. The van der Waals surface area contributed by atoms with Crippen molar-refractivity contribution in [1.29, 1.82) is 0 Å². The summed E-state index contributed by atoms with van der Waals surface area (Å²) in [6.07, 6.45) is 0.888. The molecule has 0 spiro atoms. The van der Waals surface area contributed by atoms with Crippen molar-refractivity contribution in [2.24, 2.45) is 0 Å². The lowest BCUT2D eigenvalue weighted by Crippen LogP contribution is -2.22. The summed E-state index contributed by atoms with van der Waals surface area (Å²) < 4.78 is 0. The van der Waals surface area contributed by atoms with Gasteiger partial charge < -0.3 is 10.2 Å². The molecule has 0 aromatic heterocycles. The highest BCUT2D eigenvalue weighted by atomic mass is 16.6. The van der Waals surface area contributed by atoms with Crippen LogP contribution in [0.15, 0.2) is 18.2 Å². The van der Waals surface area contributed by atoms with E-state index in [1.165, 1.54) is 18.2 Å². The molecule has 0 saturated heterocycles. The lowest BCUT2D eigenvalue weighted by molar-refractivity contribution is -0.385. The van der Waals surface area contributed by atoms with E-state index in [0.29, 0.717) is 5.56 Å². The maximum Gasteiger partial charge on any atom is 0.269 e. The van der Waals surface area contributed by atoms with Crippen LogP contribution < -0.4 is 0 Å². The van der Waals surface area contributed by atoms with Gasteiger partial charge in [0.25, 0.3) is 5.69 Å². The molecular formula is C11H13NO4. The van der Waals surface area contributed by atoms with Crippen molar-refractivity contribution in [3.05, 3.63) is 33.9 Å². The van der Waals surface area contributed by atoms with Crippen molar-refractivity contribution in [3.8, 4) is 5.75 Å². The molecule has 1 aliphatic rings. The van der Waals surface area contributed by atoms with E-state index < -0.39 is 16.4 Å². The van der Waals surface area contributed by atoms with Crippen molar-refractivity contribution in [2.75, 3.05) is 0 Å². The minimum Gasteiger partial charge on any atom is -0.508 e. The Bertz CT molecular complexity index is 438. The Morgan fingerprint density at radius 2 is 2.12 bits per heavy atom. The van der Waals surface area contributed by atoms with Gasteiger partial charge in [-0.25, -0.2) is 0 Å². The molecule has 1 fully saturated rings. The standard InChI is InChI=1S/C11H13NO4/c1-7(13)11(4-5-11)9-6-8(12(15)16)2-3-10(9)14/h2-3,6-7,13-14H,4-5H2,1H3. The van der Waals surface area contributed by atoms with Gasteiger partial charge in [-0.3, -0.25) is 10.1 Å². The number of hydrogen-bond acceptors (Lipinski definition) is 4. The van der Waals surface area contributed by atoms with Crippen LogP contribution in [0.25, 0.3) is 0 Å². The summed E-state index contributed by atoms with van der Waals surface area (Å²) in [4.78, 5) is 10.1. The molecule has 0 radical (unpaired) electrons. The average molecular weight is 223 g/mol. The molecule has 1 unspecified atom stereocenters. The number of phenols is 1. The Kier molecular flexibility index (Phi) is 2.35. The average Bonchev–Trinajstić information content (AvgIpc) is 2.98. The highest BCUT2D eigenvalue weighted by molar-refractivity contribution is 5.50. The lowest BCUT2D eigenvalue weighted by atomic mass is 9.90. The quantitative estimate of drug-likeness (QED) is 0.603. The van der Waals surface area contributed by atoms with Crippen LogP contribution in [0.2, 0.25) is 0 Å². The fourth-order valence-electron chi connectivity index (χ4n) is 2.08. The second-order valence-corrected chi connectivity index (χ2v) is 4.29. The number of non-ortho nitro benzene ring substituents is 1. The summed E-state index contributed by atoms with van der Waals surface area (Å²) in [6, 6.07) is 3.93. The largest absolute Gasteiger partial charge is 0.508 e. The molecule has 1 aromatic carbocycles. The summed E-state index contributed by atoms with van der Waals surface area (Å²) in [6.45, 7) is 1.64. The van der Waals surface area contributed by atoms with Crippen molar-refractivity contribution >= 4 is 5.69 Å². The van der Waals surface area contributed by atoms with E-state index in [1.807, 2.05) is 0 Å². The summed E-state index contributed by atoms with van der Waals surface area (Å²) >= 11 is 0. The third-order valence-electron chi connectivity index (χ3n) is 3.32. The van der Waals surface area contributed by atoms with Gasteiger partial charge in [0.1, 0.15) is 5.75 Å². The molecule has 2 rings (SSSR count). The first-order chi connectivity index (χ1) is 7.47. The number of nitro groups is 1. The lowest BCUT2D eigenvalue weighted by Gasteiger charge is -2.19. The molecule has 86 valence electrons. The first-order valence-electron chi connectivity index (χ1n) is 5.13. The van der Waals surface area contributed by atoms with E-state index >= 15 is 0 Å². The Morgan fingerprint density at radius 3 is 2.56 bits per heavy atom. The molecule has 0 bridgehead atoms. The second kappa shape index (κ2) is 3.45. The third kappa shape index (κ3) is 1.53. The highest BCUT2D eigenvalue weighted by Gasteiger charge is 2.50. The Balaban J connectivity index is 2.48. The smallest absolute Gasteiger partial charge is 0.269 e. The maximum absolute atomic E-state index is 10.6. The predicted octanol–water partition coefficient (Wildman–Crippen LogP) is 1.71. The number of nitrogens with zero attached hydrogens (tertiary/aromatic N) is 1. The minimum atomic E-state index is -0.611. The molecule has 1 saturated carbocycles. The Morgan fingerprint density at radius 1 is 1.50 bits per heavy atom. The van der Waals surface area contributed by atoms with Gasteiger partial charge in [0, 0.05) is 23.1 Å². The van der Waals surface area contributed by atoms with E-state index in [9.17, 15) is 20.3 Å². The molecule has 0 heterocycles. The van der Waals surface area contributed by atoms with Crippen molar-refractivity contribution in [2.45, 2.75) is 31.3 Å². The number of phenolic OH excluding ortho intramolecular Hbond substituents is 1. The molecule has 0 amide bonds. The molecule has 1 aliphatic carbocycles. The Hall–Kier alpha value is -1.62. The molecule has 5 nitrogen and oxygen atoms in total. The van der Waals surface area contributed by atoms with Crippen LogP contribution in [0.5, 0.6) is 5.75 Å². The van der Waals surface area contributed by atoms with Gasteiger partial charge in [0.05, 0.1) is 11.0 Å². The van der Waals surface area contributed by atoms with E-state index in [-0.39, 0.29) is 11.4 Å². The van der Waals surface area contributed by atoms with Crippen molar-refractivity contribution < 1.29 is 15.1 Å². The van der Waals surface area contributed by atoms with Gasteiger partial charge in [-0.05, 0) is 25.8 Å². The topological polar surface area (TPSA) is 83.6 Å². The minimum absolute atomic E-state index is 0.0176. The van der Waals surface area contributed by atoms with E-state index in [1.54, 1.807) is 6.92 Å². The molecular weight excluding hydrogens is 210 g/mol. The van der Waals surface area contributed by atoms with Crippen LogP contribution in [-0.2, 0) is 5.41 Å². The number of hydrogen-bond donors (Lipinski definition) is 2. The zero-order chi connectivity index (χ0) is 11.9. The van der Waals surface area contributed by atoms with Gasteiger partial charge in [0.15, 0.2) is 0 Å². The predicted molar refractivity (Wildman–Crippen MR) is 57.4 cm³/mol. The second-order valence-electron chi connectivity index (χ2n) is 4.29. The van der Waals surface area contributed by atoms with E-state index in [0.717, 1.165) is 12.8 Å². The first kappa shape index (κ1) is 10.9. The van der Waals surface area contributed by atoms with Gasteiger partial charge in [-0.15, -0.1) is 0 Å².